The molecule has 0 bridgehead atoms. The Balaban J connectivity index is 0.00000120. The molecule has 0 radical (unpaired) electrons. The molecule has 1 aromatic carbocycles. The second-order valence-electron chi connectivity index (χ2n) is 4.20. The monoisotopic (exact) mass is 237 g/mol. The molecule has 1 aliphatic carbocycles. The average Bonchev–Trinajstić information content (AvgIpc) is 3.06. The van der Waals surface area contributed by atoms with E-state index < -0.39 is 5.97 Å². The van der Waals surface area contributed by atoms with E-state index >= 15 is 0 Å². The number of nitrogens with zero attached hydrogens (tertiary/aromatic N) is 1. The van der Waals surface area contributed by atoms with Crippen LogP contribution in [0, 0.1) is 0 Å². The van der Waals surface area contributed by atoms with Crippen LogP contribution in [0.5, 0.6) is 0 Å². The number of benzene rings is 1. The zero-order valence-electron chi connectivity index (χ0n) is 9.09. The molecule has 0 spiro atoms. The molecule has 1 fully saturated rings. The van der Waals surface area contributed by atoms with E-state index in [1.165, 1.54) is 24.6 Å². The van der Waals surface area contributed by atoms with Gasteiger partial charge in [-0.05, 0) is 24.3 Å². The minimum atomic E-state index is -1.14. The van der Waals surface area contributed by atoms with Crippen molar-refractivity contribution in [2.75, 3.05) is 0 Å². The molecule has 3 rings (SSSR count). The predicted octanol–water partition coefficient (Wildman–Crippen LogP) is 2.27. The number of carbonyl (C=O) groups is 1. The number of carboxylic acid groups (broad SMARTS) is 1. The number of rotatable bonds is 3. The maximum atomic E-state index is 10.7. The van der Waals surface area contributed by atoms with Crippen LogP contribution in [-0.2, 0) is 0 Å². The first-order valence-electron chi connectivity index (χ1n) is 5.54. The molecule has 1 saturated carbocycles. The molecule has 2 aromatic rings. The quantitative estimate of drug-likeness (QED) is 0.831. The van der Waals surface area contributed by atoms with Gasteiger partial charge in [-0.25, -0.2) is 9.78 Å². The number of aromatic carboxylic acids is 1. The zero-order valence-corrected chi connectivity index (χ0v) is 9.09. The van der Waals surface area contributed by atoms with E-state index in [1.54, 1.807) is 0 Å². The summed E-state index contributed by atoms with van der Waals surface area (Å²) in [5, 5.41) is 8.78. The molecule has 0 amide bonds. The molecular weight excluding hydrogens is 225 g/mol. The van der Waals surface area contributed by atoms with Crippen LogP contribution in [0.2, 0.25) is 0 Å². The molecule has 5 heteroatoms. The fraction of sp³-hybridized carbons (Fsp3) is 0.231. The van der Waals surface area contributed by atoms with Gasteiger partial charge >= 0.3 is 30.7 Å². The van der Waals surface area contributed by atoms with Crippen LogP contribution in [0.15, 0.2) is 34.9 Å². The second kappa shape index (κ2) is 5.01. The van der Waals surface area contributed by atoms with Gasteiger partial charge in [0.1, 0.15) is 0 Å². The van der Waals surface area contributed by atoms with Crippen molar-refractivity contribution in [1.82, 2.24) is 4.98 Å². The standard InChI is InChI=1S/C13H11NO3.Li.H/c15-13(16)12-14-7-11(17-12)10-4-2-1-3-9(10)8-5-6-8;;/h1-4,7-8H,5-6H2,(H,15,16);;. The van der Waals surface area contributed by atoms with Crippen molar-refractivity contribution in [3.05, 3.63) is 41.9 Å². The molecule has 1 N–H and O–H groups in total. The van der Waals surface area contributed by atoms with Gasteiger partial charge < -0.3 is 9.52 Å². The van der Waals surface area contributed by atoms with Gasteiger partial charge in [-0.2, -0.15) is 0 Å². The molecule has 88 valence electrons. The SMILES string of the molecule is O=C(O)c1ncc(-c2ccccc2C2CC2)o1.[LiH]. The van der Waals surface area contributed by atoms with Gasteiger partial charge in [0, 0.05) is 5.56 Å². The Kier molecular flexibility index (Phi) is 3.60. The van der Waals surface area contributed by atoms with Gasteiger partial charge in [0.25, 0.3) is 0 Å². The topological polar surface area (TPSA) is 63.3 Å². The second-order valence-corrected chi connectivity index (χ2v) is 4.20. The summed E-state index contributed by atoms with van der Waals surface area (Å²) in [6, 6.07) is 7.92. The first kappa shape index (κ1) is 12.9. The summed E-state index contributed by atoms with van der Waals surface area (Å²) < 4.78 is 5.24. The zero-order chi connectivity index (χ0) is 11.8. The fourth-order valence-electron chi connectivity index (χ4n) is 1.97. The summed E-state index contributed by atoms with van der Waals surface area (Å²) in [4.78, 5) is 14.5. The van der Waals surface area contributed by atoms with E-state index in [1.807, 2.05) is 18.2 Å². The number of hydrogen-bond donors (Lipinski definition) is 1. The Morgan fingerprint density at radius 2 is 2.06 bits per heavy atom. The van der Waals surface area contributed by atoms with Crippen molar-refractivity contribution < 1.29 is 14.3 Å². The van der Waals surface area contributed by atoms with Crippen LogP contribution >= 0.6 is 0 Å². The Labute approximate surface area is 116 Å². The molecule has 18 heavy (non-hydrogen) atoms. The van der Waals surface area contributed by atoms with Crippen molar-refractivity contribution in [1.29, 1.82) is 0 Å². The van der Waals surface area contributed by atoms with E-state index in [9.17, 15) is 4.79 Å². The fourth-order valence-corrected chi connectivity index (χ4v) is 1.97. The summed E-state index contributed by atoms with van der Waals surface area (Å²) >= 11 is 0. The predicted molar refractivity (Wildman–Crippen MR) is 68.0 cm³/mol. The Hall–Kier alpha value is -1.50. The Morgan fingerprint density at radius 3 is 2.67 bits per heavy atom. The van der Waals surface area contributed by atoms with E-state index in [2.05, 4.69) is 11.1 Å². The van der Waals surface area contributed by atoms with Gasteiger partial charge in [0.15, 0.2) is 5.76 Å². The third-order valence-electron chi connectivity index (χ3n) is 2.93. The molecule has 1 aliphatic rings. The third-order valence-corrected chi connectivity index (χ3v) is 2.93. The Morgan fingerprint density at radius 1 is 1.33 bits per heavy atom. The summed E-state index contributed by atoms with van der Waals surface area (Å²) in [6.45, 7) is 0. The molecule has 0 saturated heterocycles. The van der Waals surface area contributed by atoms with Crippen LogP contribution in [0.3, 0.4) is 0 Å². The molecule has 0 unspecified atom stereocenters. The normalized spacial score (nSPS) is 14.0. The average molecular weight is 237 g/mol. The van der Waals surface area contributed by atoms with Crippen LogP contribution in [0.25, 0.3) is 11.3 Å². The van der Waals surface area contributed by atoms with Crippen LogP contribution in [-0.4, -0.2) is 34.9 Å². The van der Waals surface area contributed by atoms with Crippen molar-refractivity contribution in [3.63, 3.8) is 0 Å². The van der Waals surface area contributed by atoms with E-state index in [0.29, 0.717) is 11.7 Å². The van der Waals surface area contributed by atoms with Crippen LogP contribution < -0.4 is 0 Å². The van der Waals surface area contributed by atoms with Gasteiger partial charge in [-0.1, -0.05) is 24.3 Å². The summed E-state index contributed by atoms with van der Waals surface area (Å²) in [7, 11) is 0. The van der Waals surface area contributed by atoms with Gasteiger partial charge in [-0.3, -0.25) is 0 Å². The van der Waals surface area contributed by atoms with Crippen LogP contribution in [0.4, 0.5) is 0 Å². The van der Waals surface area contributed by atoms with Crippen LogP contribution in [0.1, 0.15) is 35.0 Å². The van der Waals surface area contributed by atoms with E-state index in [4.69, 9.17) is 9.52 Å². The first-order chi connectivity index (χ1) is 8.25. The third kappa shape index (κ3) is 2.35. The van der Waals surface area contributed by atoms with Gasteiger partial charge in [-0.15, -0.1) is 0 Å². The van der Waals surface area contributed by atoms with Crippen molar-refractivity contribution in [2.24, 2.45) is 0 Å². The number of oxazole rings is 1. The van der Waals surface area contributed by atoms with Gasteiger partial charge in [0.05, 0.1) is 6.20 Å². The maximum absolute atomic E-state index is 10.7. The Bertz CT molecular complexity index is 575. The van der Waals surface area contributed by atoms with Crippen molar-refractivity contribution >= 4 is 24.8 Å². The number of aromatic nitrogens is 1. The van der Waals surface area contributed by atoms with Crippen molar-refractivity contribution in [2.45, 2.75) is 18.8 Å². The first-order valence-corrected chi connectivity index (χ1v) is 5.54. The summed E-state index contributed by atoms with van der Waals surface area (Å²) in [5.74, 6) is -0.278. The minimum absolute atomic E-state index is 0. The van der Waals surface area contributed by atoms with Crippen molar-refractivity contribution in [3.8, 4) is 11.3 Å². The van der Waals surface area contributed by atoms with E-state index in [0.717, 1.165) is 5.56 Å². The number of carboxylic acids is 1. The molecule has 1 aromatic heterocycles. The summed E-state index contributed by atoms with van der Waals surface area (Å²) in [5.41, 5.74) is 2.18. The van der Waals surface area contributed by atoms with E-state index in [-0.39, 0.29) is 24.8 Å². The molecule has 4 nitrogen and oxygen atoms in total. The van der Waals surface area contributed by atoms with Gasteiger partial charge in [0.2, 0.25) is 0 Å². The number of hydrogen-bond acceptors (Lipinski definition) is 3. The molecular formula is C13H12LiNO3. The molecule has 0 aliphatic heterocycles. The molecule has 1 heterocycles. The molecule has 0 atom stereocenters. The summed E-state index contributed by atoms with van der Waals surface area (Å²) in [6.07, 6.45) is 3.86.